The minimum Gasteiger partial charge on any atom is -0.314 e. The molecule has 0 aliphatic heterocycles. The number of aryl methyl sites for hydroxylation is 1. The van der Waals surface area contributed by atoms with Gasteiger partial charge in [-0.3, -0.25) is 0 Å². The van der Waals surface area contributed by atoms with Crippen LogP contribution in [-0.2, 0) is 0 Å². The zero-order valence-corrected chi connectivity index (χ0v) is 11.0. The Morgan fingerprint density at radius 3 is 2.79 bits per heavy atom. The van der Waals surface area contributed by atoms with Crippen LogP contribution in [0.5, 0.6) is 0 Å². The van der Waals surface area contributed by atoms with Crippen molar-refractivity contribution in [3.8, 4) is 0 Å². The first-order valence-electron chi connectivity index (χ1n) is 5.20. The standard InChI is InChI=1S/C11H16BrNS/c1-3-13-9-4-8(5-9)10-6-11(12)14-7(10)2/h6,8-9,13H,3-5H2,1-2H3. The van der Waals surface area contributed by atoms with E-state index in [4.69, 9.17) is 0 Å². The van der Waals surface area contributed by atoms with Crippen LogP contribution in [0.1, 0.15) is 36.1 Å². The molecule has 1 saturated carbocycles. The second-order valence-corrected chi connectivity index (χ2v) is 6.62. The van der Waals surface area contributed by atoms with Gasteiger partial charge in [0.1, 0.15) is 0 Å². The molecule has 0 unspecified atom stereocenters. The van der Waals surface area contributed by atoms with Crippen molar-refractivity contribution in [3.05, 3.63) is 20.3 Å². The fourth-order valence-electron chi connectivity index (χ4n) is 2.19. The first-order chi connectivity index (χ1) is 6.70. The molecule has 3 heteroatoms. The lowest BCUT2D eigenvalue weighted by Crippen LogP contribution is -2.39. The Hall–Kier alpha value is 0.140. The molecule has 0 radical (unpaired) electrons. The van der Waals surface area contributed by atoms with Crippen molar-refractivity contribution in [2.24, 2.45) is 0 Å². The van der Waals surface area contributed by atoms with Gasteiger partial charge in [0.2, 0.25) is 0 Å². The van der Waals surface area contributed by atoms with Crippen molar-refractivity contribution >= 4 is 27.3 Å². The number of thiophene rings is 1. The number of rotatable bonds is 3. The summed E-state index contributed by atoms with van der Waals surface area (Å²) in [6.07, 6.45) is 2.63. The Bertz CT molecular complexity index is 315. The van der Waals surface area contributed by atoms with Gasteiger partial charge in [-0.05, 0) is 59.8 Å². The zero-order valence-electron chi connectivity index (χ0n) is 8.64. The quantitative estimate of drug-likeness (QED) is 0.886. The molecule has 1 aliphatic carbocycles. The van der Waals surface area contributed by atoms with Gasteiger partial charge < -0.3 is 5.32 Å². The van der Waals surface area contributed by atoms with E-state index in [0.29, 0.717) is 0 Å². The van der Waals surface area contributed by atoms with Crippen LogP contribution in [-0.4, -0.2) is 12.6 Å². The molecule has 1 N–H and O–H groups in total. The van der Waals surface area contributed by atoms with Crippen LogP contribution in [0, 0.1) is 6.92 Å². The molecule has 0 atom stereocenters. The second kappa shape index (κ2) is 4.33. The first-order valence-corrected chi connectivity index (χ1v) is 6.81. The van der Waals surface area contributed by atoms with Gasteiger partial charge in [0.25, 0.3) is 0 Å². The van der Waals surface area contributed by atoms with E-state index in [-0.39, 0.29) is 0 Å². The average molecular weight is 274 g/mol. The van der Waals surface area contributed by atoms with E-state index in [1.54, 1.807) is 5.56 Å². The summed E-state index contributed by atoms with van der Waals surface area (Å²) in [4.78, 5) is 1.48. The predicted molar refractivity (Wildman–Crippen MR) is 66.2 cm³/mol. The molecule has 2 rings (SSSR count). The maximum Gasteiger partial charge on any atom is 0.0704 e. The minimum atomic E-state index is 0.767. The highest BCUT2D eigenvalue weighted by molar-refractivity contribution is 9.11. The molecule has 78 valence electrons. The fraction of sp³-hybridized carbons (Fsp3) is 0.636. The third-order valence-electron chi connectivity index (χ3n) is 3.00. The second-order valence-electron chi connectivity index (χ2n) is 3.98. The topological polar surface area (TPSA) is 12.0 Å². The van der Waals surface area contributed by atoms with Crippen molar-refractivity contribution in [2.45, 2.75) is 38.6 Å². The summed E-state index contributed by atoms with van der Waals surface area (Å²) in [5, 5.41) is 3.50. The first kappa shape index (κ1) is 10.7. The van der Waals surface area contributed by atoms with E-state index in [1.807, 2.05) is 11.3 Å². The molecule has 14 heavy (non-hydrogen) atoms. The van der Waals surface area contributed by atoms with Crippen LogP contribution in [0.25, 0.3) is 0 Å². The molecule has 1 fully saturated rings. The molecule has 1 aliphatic rings. The molecule has 1 aromatic rings. The Morgan fingerprint density at radius 1 is 1.57 bits per heavy atom. The maximum absolute atomic E-state index is 3.55. The highest BCUT2D eigenvalue weighted by atomic mass is 79.9. The summed E-state index contributed by atoms with van der Waals surface area (Å²) in [6.45, 7) is 5.51. The van der Waals surface area contributed by atoms with Gasteiger partial charge in [0.15, 0.2) is 0 Å². The van der Waals surface area contributed by atoms with E-state index >= 15 is 0 Å². The van der Waals surface area contributed by atoms with E-state index in [9.17, 15) is 0 Å². The number of halogens is 1. The lowest BCUT2D eigenvalue weighted by molar-refractivity contribution is 0.296. The lowest BCUT2D eigenvalue weighted by Gasteiger charge is -2.36. The third kappa shape index (κ3) is 2.05. The summed E-state index contributed by atoms with van der Waals surface area (Å²) in [6, 6.07) is 3.07. The van der Waals surface area contributed by atoms with Crippen LogP contribution >= 0.6 is 27.3 Å². The normalized spacial score (nSPS) is 26.2. The van der Waals surface area contributed by atoms with E-state index in [1.165, 1.54) is 21.5 Å². The van der Waals surface area contributed by atoms with Gasteiger partial charge >= 0.3 is 0 Å². The van der Waals surface area contributed by atoms with Crippen LogP contribution in [0.15, 0.2) is 9.85 Å². The van der Waals surface area contributed by atoms with Crippen molar-refractivity contribution in [1.29, 1.82) is 0 Å². The van der Waals surface area contributed by atoms with Crippen LogP contribution in [0.2, 0.25) is 0 Å². The molecular weight excluding hydrogens is 258 g/mol. The number of hydrogen-bond donors (Lipinski definition) is 1. The van der Waals surface area contributed by atoms with Crippen molar-refractivity contribution < 1.29 is 0 Å². The van der Waals surface area contributed by atoms with Crippen molar-refractivity contribution in [3.63, 3.8) is 0 Å². The lowest BCUT2D eigenvalue weighted by atomic mass is 9.76. The highest BCUT2D eigenvalue weighted by Crippen LogP contribution is 2.42. The average Bonchev–Trinajstić information content (AvgIpc) is 2.37. The third-order valence-corrected chi connectivity index (χ3v) is 4.57. The van der Waals surface area contributed by atoms with Crippen molar-refractivity contribution in [2.75, 3.05) is 6.54 Å². The molecule has 1 nitrogen and oxygen atoms in total. The molecule has 0 amide bonds. The minimum absolute atomic E-state index is 0.767. The van der Waals surface area contributed by atoms with Gasteiger partial charge in [-0.15, -0.1) is 11.3 Å². The fourth-order valence-corrected chi connectivity index (χ4v) is 3.99. The van der Waals surface area contributed by atoms with Crippen molar-refractivity contribution in [1.82, 2.24) is 5.32 Å². The van der Waals surface area contributed by atoms with Gasteiger partial charge in [-0.1, -0.05) is 6.92 Å². The molecule has 0 aromatic carbocycles. The highest BCUT2D eigenvalue weighted by Gasteiger charge is 2.31. The predicted octanol–water partition coefficient (Wildman–Crippen LogP) is 3.67. The zero-order chi connectivity index (χ0) is 10.1. The van der Waals surface area contributed by atoms with Crippen LogP contribution in [0.4, 0.5) is 0 Å². The monoisotopic (exact) mass is 273 g/mol. The van der Waals surface area contributed by atoms with Gasteiger partial charge in [-0.2, -0.15) is 0 Å². The van der Waals surface area contributed by atoms with E-state index in [2.05, 4.69) is 41.2 Å². The van der Waals surface area contributed by atoms with E-state index < -0.39 is 0 Å². The Morgan fingerprint density at radius 2 is 2.29 bits per heavy atom. The van der Waals surface area contributed by atoms with Gasteiger partial charge in [-0.25, -0.2) is 0 Å². The molecule has 0 spiro atoms. The van der Waals surface area contributed by atoms with Crippen LogP contribution < -0.4 is 5.32 Å². The molecule has 1 aromatic heterocycles. The van der Waals surface area contributed by atoms with Gasteiger partial charge in [0, 0.05) is 10.9 Å². The molecule has 0 saturated heterocycles. The summed E-state index contributed by atoms with van der Waals surface area (Å²) in [5.41, 5.74) is 1.57. The smallest absolute Gasteiger partial charge is 0.0704 e. The SMILES string of the molecule is CCNC1CC(c2cc(Br)sc2C)C1. The Balaban J connectivity index is 1.96. The Labute approximate surface area is 98.0 Å². The largest absolute Gasteiger partial charge is 0.314 e. The summed E-state index contributed by atoms with van der Waals surface area (Å²) < 4.78 is 1.27. The Kier molecular flexibility index (Phi) is 3.30. The van der Waals surface area contributed by atoms with Crippen LogP contribution in [0.3, 0.4) is 0 Å². The number of hydrogen-bond acceptors (Lipinski definition) is 2. The summed E-state index contributed by atoms with van der Waals surface area (Å²) in [5.74, 6) is 0.807. The number of nitrogens with one attached hydrogen (secondary N) is 1. The molecule has 0 bridgehead atoms. The molecule has 1 heterocycles. The van der Waals surface area contributed by atoms with E-state index in [0.717, 1.165) is 18.5 Å². The van der Waals surface area contributed by atoms with Gasteiger partial charge in [0.05, 0.1) is 3.79 Å². The summed E-state index contributed by atoms with van der Waals surface area (Å²) in [7, 11) is 0. The molecular formula is C11H16BrNS. The summed E-state index contributed by atoms with van der Waals surface area (Å²) >= 11 is 5.41. The maximum atomic E-state index is 3.55.